The van der Waals surface area contributed by atoms with Gasteiger partial charge in [-0.05, 0) is 68.6 Å². The second kappa shape index (κ2) is 10.9. The Hall–Kier alpha value is -2.70. The van der Waals surface area contributed by atoms with Gasteiger partial charge in [-0.1, -0.05) is 44.2 Å². The van der Waals surface area contributed by atoms with Crippen molar-refractivity contribution in [1.82, 2.24) is 10.2 Å². The average molecular weight is 464 g/mol. The van der Waals surface area contributed by atoms with Crippen molar-refractivity contribution in [2.75, 3.05) is 31.5 Å². The molecule has 0 saturated carbocycles. The van der Waals surface area contributed by atoms with Crippen LogP contribution in [0.3, 0.4) is 0 Å². The molecule has 1 fully saturated rings. The number of hydrogen-bond donors (Lipinski definition) is 2. The lowest BCUT2D eigenvalue weighted by Crippen LogP contribution is -2.35. The molecule has 0 unspecified atom stereocenters. The van der Waals surface area contributed by atoms with Gasteiger partial charge in [-0.2, -0.15) is 0 Å². The fourth-order valence-electron chi connectivity index (χ4n) is 4.40. The SMILES string of the molecule is CC(C)C(=O)Nc1cccc(C2CCN(CCCNC(=O)c3csc4ccccc34)CC2)c1. The van der Waals surface area contributed by atoms with Gasteiger partial charge >= 0.3 is 0 Å². The number of rotatable bonds is 8. The first-order chi connectivity index (χ1) is 16.0. The van der Waals surface area contributed by atoms with Gasteiger partial charge in [0.1, 0.15) is 0 Å². The van der Waals surface area contributed by atoms with Gasteiger partial charge in [0.15, 0.2) is 0 Å². The molecule has 2 N–H and O–H groups in total. The molecule has 0 atom stereocenters. The molecule has 2 heterocycles. The minimum absolute atomic E-state index is 0.0220. The number of piperidine rings is 1. The van der Waals surface area contributed by atoms with Crippen LogP contribution in [0.4, 0.5) is 5.69 Å². The van der Waals surface area contributed by atoms with Crippen LogP contribution in [0.5, 0.6) is 0 Å². The van der Waals surface area contributed by atoms with Gasteiger partial charge in [0.05, 0.1) is 5.56 Å². The van der Waals surface area contributed by atoms with Crippen molar-refractivity contribution in [2.24, 2.45) is 5.92 Å². The molecule has 174 valence electrons. The number of amides is 2. The van der Waals surface area contributed by atoms with Crippen LogP contribution in [0.25, 0.3) is 10.1 Å². The Morgan fingerprint density at radius 2 is 1.88 bits per heavy atom. The molecule has 1 saturated heterocycles. The molecule has 3 aromatic rings. The third kappa shape index (κ3) is 6.01. The van der Waals surface area contributed by atoms with Crippen molar-refractivity contribution in [3.05, 3.63) is 65.0 Å². The van der Waals surface area contributed by atoms with Gasteiger partial charge in [-0.3, -0.25) is 9.59 Å². The fourth-order valence-corrected chi connectivity index (χ4v) is 5.34. The summed E-state index contributed by atoms with van der Waals surface area (Å²) in [7, 11) is 0. The summed E-state index contributed by atoms with van der Waals surface area (Å²) >= 11 is 1.62. The zero-order valence-electron chi connectivity index (χ0n) is 19.5. The fraction of sp³-hybridized carbons (Fsp3) is 0.407. The standard InChI is InChI=1S/C27H33N3O2S/c1-19(2)26(31)29-22-8-5-7-21(17-22)20-11-15-30(16-12-20)14-6-13-28-27(32)24-18-33-25-10-4-3-9-23(24)25/h3-5,7-10,17-20H,6,11-16H2,1-2H3,(H,28,32)(H,29,31). The van der Waals surface area contributed by atoms with Gasteiger partial charge < -0.3 is 15.5 Å². The highest BCUT2D eigenvalue weighted by atomic mass is 32.1. The summed E-state index contributed by atoms with van der Waals surface area (Å²) in [5.41, 5.74) is 2.98. The lowest BCUT2D eigenvalue weighted by atomic mass is 9.89. The number of nitrogens with one attached hydrogen (secondary N) is 2. The zero-order valence-corrected chi connectivity index (χ0v) is 20.3. The summed E-state index contributed by atoms with van der Waals surface area (Å²) in [6, 6.07) is 16.4. The third-order valence-electron chi connectivity index (χ3n) is 6.40. The van der Waals surface area contributed by atoms with E-state index < -0.39 is 0 Å². The van der Waals surface area contributed by atoms with Crippen LogP contribution in [0, 0.1) is 5.92 Å². The van der Waals surface area contributed by atoms with E-state index in [-0.39, 0.29) is 17.7 Å². The van der Waals surface area contributed by atoms with Gasteiger partial charge in [0, 0.05) is 33.6 Å². The van der Waals surface area contributed by atoms with Crippen LogP contribution in [0.1, 0.15) is 54.9 Å². The third-order valence-corrected chi connectivity index (χ3v) is 7.36. The van der Waals surface area contributed by atoms with Crippen LogP contribution in [0.2, 0.25) is 0 Å². The van der Waals surface area contributed by atoms with Gasteiger partial charge in [0.2, 0.25) is 5.91 Å². The summed E-state index contributed by atoms with van der Waals surface area (Å²) in [6.07, 6.45) is 3.19. The van der Waals surface area contributed by atoms with Crippen LogP contribution in [-0.4, -0.2) is 42.9 Å². The van der Waals surface area contributed by atoms with Crippen LogP contribution in [0.15, 0.2) is 53.9 Å². The first-order valence-electron chi connectivity index (χ1n) is 11.9. The Labute approximate surface area is 200 Å². The van der Waals surface area contributed by atoms with Crippen molar-refractivity contribution >= 4 is 38.9 Å². The van der Waals surface area contributed by atoms with Crippen LogP contribution in [-0.2, 0) is 4.79 Å². The number of benzene rings is 2. The largest absolute Gasteiger partial charge is 0.352 e. The van der Waals surface area contributed by atoms with Crippen LogP contribution >= 0.6 is 11.3 Å². The number of likely N-dealkylation sites (tertiary alicyclic amines) is 1. The average Bonchev–Trinajstić information content (AvgIpc) is 3.26. The van der Waals surface area contributed by atoms with E-state index >= 15 is 0 Å². The van der Waals surface area contributed by atoms with Gasteiger partial charge in [-0.25, -0.2) is 0 Å². The molecule has 1 aliphatic heterocycles. The predicted octanol–water partition coefficient (Wildman–Crippen LogP) is 5.50. The summed E-state index contributed by atoms with van der Waals surface area (Å²) in [4.78, 5) is 27.0. The maximum Gasteiger partial charge on any atom is 0.252 e. The molecule has 2 aromatic carbocycles. The van der Waals surface area contributed by atoms with Crippen LogP contribution < -0.4 is 10.6 Å². The van der Waals surface area contributed by atoms with Crippen molar-refractivity contribution < 1.29 is 9.59 Å². The van der Waals surface area contributed by atoms with E-state index in [0.29, 0.717) is 12.5 Å². The maximum absolute atomic E-state index is 12.6. The molecule has 6 heteroatoms. The quantitative estimate of drug-likeness (QED) is 0.434. The van der Waals surface area contributed by atoms with E-state index in [0.717, 1.165) is 60.2 Å². The van der Waals surface area contributed by atoms with E-state index in [1.165, 1.54) is 5.56 Å². The molecular weight excluding hydrogens is 430 g/mol. The molecule has 2 amide bonds. The molecular formula is C27H33N3O2S. The van der Waals surface area contributed by atoms with Crippen molar-refractivity contribution in [3.8, 4) is 0 Å². The number of fused-ring (bicyclic) bond motifs is 1. The van der Waals surface area contributed by atoms with Gasteiger partial charge in [0.25, 0.3) is 5.91 Å². The van der Waals surface area contributed by atoms with Crippen molar-refractivity contribution in [1.29, 1.82) is 0 Å². The molecule has 0 spiro atoms. The molecule has 0 bridgehead atoms. The highest BCUT2D eigenvalue weighted by molar-refractivity contribution is 7.17. The lowest BCUT2D eigenvalue weighted by molar-refractivity contribution is -0.118. The predicted molar refractivity (Wildman–Crippen MR) is 137 cm³/mol. The Balaban J connectivity index is 1.19. The second-order valence-electron chi connectivity index (χ2n) is 9.14. The molecule has 33 heavy (non-hydrogen) atoms. The number of hydrogen-bond acceptors (Lipinski definition) is 4. The molecule has 1 aromatic heterocycles. The highest BCUT2D eigenvalue weighted by Crippen LogP contribution is 2.30. The van der Waals surface area contributed by atoms with E-state index in [1.54, 1.807) is 11.3 Å². The molecule has 1 aliphatic rings. The zero-order chi connectivity index (χ0) is 23.2. The first-order valence-corrected chi connectivity index (χ1v) is 12.8. The molecule has 4 rings (SSSR count). The first kappa shape index (κ1) is 23.5. The summed E-state index contributed by atoms with van der Waals surface area (Å²) in [5.74, 6) is 0.590. The smallest absolute Gasteiger partial charge is 0.252 e. The Bertz CT molecular complexity index is 1100. The highest BCUT2D eigenvalue weighted by Gasteiger charge is 2.21. The summed E-state index contributed by atoms with van der Waals surface area (Å²) in [6.45, 7) is 7.64. The lowest BCUT2D eigenvalue weighted by Gasteiger charge is -2.32. The van der Waals surface area contributed by atoms with Crippen molar-refractivity contribution in [2.45, 2.75) is 39.0 Å². The molecule has 5 nitrogen and oxygen atoms in total. The number of carbonyl (C=O) groups excluding carboxylic acids is 2. The van der Waals surface area contributed by atoms with E-state index in [4.69, 9.17) is 0 Å². The minimum atomic E-state index is -0.0220. The Kier molecular flexibility index (Phi) is 7.78. The topological polar surface area (TPSA) is 61.4 Å². The van der Waals surface area contributed by atoms with E-state index in [2.05, 4.69) is 33.7 Å². The summed E-state index contributed by atoms with van der Waals surface area (Å²) < 4.78 is 1.15. The number of thiophene rings is 1. The van der Waals surface area contributed by atoms with Gasteiger partial charge in [-0.15, -0.1) is 11.3 Å². The second-order valence-corrected chi connectivity index (χ2v) is 10.1. The molecule has 0 aliphatic carbocycles. The van der Waals surface area contributed by atoms with E-state index in [1.807, 2.05) is 49.6 Å². The normalized spacial score (nSPS) is 15.1. The number of anilines is 1. The maximum atomic E-state index is 12.6. The Morgan fingerprint density at radius 3 is 2.67 bits per heavy atom. The monoisotopic (exact) mass is 463 g/mol. The van der Waals surface area contributed by atoms with Crippen molar-refractivity contribution in [3.63, 3.8) is 0 Å². The summed E-state index contributed by atoms with van der Waals surface area (Å²) in [5, 5.41) is 9.09. The number of nitrogens with zero attached hydrogens (tertiary/aromatic N) is 1. The van der Waals surface area contributed by atoms with E-state index in [9.17, 15) is 9.59 Å². The Morgan fingerprint density at radius 1 is 1.09 bits per heavy atom. The minimum Gasteiger partial charge on any atom is -0.352 e. The number of carbonyl (C=O) groups is 2. The molecule has 0 radical (unpaired) electrons.